The Bertz CT molecular complexity index is 560. The van der Waals surface area contributed by atoms with Crippen LogP contribution in [0.2, 0.25) is 0 Å². The summed E-state index contributed by atoms with van der Waals surface area (Å²) in [6.45, 7) is 3.70. The van der Waals surface area contributed by atoms with E-state index in [-0.39, 0.29) is 5.56 Å². The van der Waals surface area contributed by atoms with Gasteiger partial charge in [0.15, 0.2) is 0 Å². The van der Waals surface area contributed by atoms with Crippen molar-refractivity contribution in [3.8, 4) is 0 Å². The van der Waals surface area contributed by atoms with Crippen LogP contribution in [0.3, 0.4) is 0 Å². The molecule has 2 aromatic heterocycles. The summed E-state index contributed by atoms with van der Waals surface area (Å²) in [5.74, 6) is -0.526. The normalized spacial score (nSPS) is 12.4. The minimum Gasteiger partial charge on any atom is -0.383 e. The van der Waals surface area contributed by atoms with Crippen molar-refractivity contribution in [1.29, 1.82) is 0 Å². The molecular formula is C13H14FN3O. The Balaban J connectivity index is 2.48. The molecule has 0 amide bonds. The van der Waals surface area contributed by atoms with Crippen LogP contribution < -0.4 is 0 Å². The van der Waals surface area contributed by atoms with E-state index < -0.39 is 11.9 Å². The summed E-state index contributed by atoms with van der Waals surface area (Å²) >= 11 is 0. The van der Waals surface area contributed by atoms with Crippen LogP contribution >= 0.6 is 0 Å². The number of aliphatic hydroxyl groups excluding tert-OH is 1. The first kappa shape index (κ1) is 12.6. The highest BCUT2D eigenvalue weighted by molar-refractivity contribution is 5.32. The fourth-order valence-electron chi connectivity index (χ4n) is 1.82. The summed E-state index contributed by atoms with van der Waals surface area (Å²) in [6.07, 6.45) is 2.13. The number of halogens is 1. The predicted molar refractivity (Wildman–Crippen MR) is 64.4 cm³/mol. The summed E-state index contributed by atoms with van der Waals surface area (Å²) in [7, 11) is 0. The van der Waals surface area contributed by atoms with Gasteiger partial charge < -0.3 is 5.11 Å². The number of aromatic nitrogens is 3. The summed E-state index contributed by atoms with van der Waals surface area (Å²) < 4.78 is 13.6. The number of hydrogen-bond acceptors (Lipinski definition) is 4. The van der Waals surface area contributed by atoms with E-state index in [1.54, 1.807) is 13.0 Å². The van der Waals surface area contributed by atoms with E-state index in [9.17, 15) is 9.50 Å². The summed E-state index contributed by atoms with van der Waals surface area (Å²) in [5, 5.41) is 18.2. The van der Waals surface area contributed by atoms with E-state index in [1.807, 2.05) is 6.92 Å². The molecule has 0 aromatic carbocycles. The number of hydrogen-bond donors (Lipinski definition) is 1. The van der Waals surface area contributed by atoms with Crippen molar-refractivity contribution in [2.24, 2.45) is 0 Å². The lowest BCUT2D eigenvalue weighted by Crippen LogP contribution is -2.09. The van der Waals surface area contributed by atoms with Gasteiger partial charge in [0.1, 0.15) is 11.9 Å². The zero-order valence-electron chi connectivity index (χ0n) is 10.3. The van der Waals surface area contributed by atoms with E-state index >= 15 is 0 Å². The van der Waals surface area contributed by atoms with Gasteiger partial charge in [-0.3, -0.25) is 4.98 Å². The second kappa shape index (κ2) is 5.18. The fourth-order valence-corrected chi connectivity index (χ4v) is 1.82. The molecule has 0 saturated heterocycles. The average Bonchev–Trinajstić information content (AvgIpc) is 2.38. The van der Waals surface area contributed by atoms with Gasteiger partial charge in [0.25, 0.3) is 0 Å². The van der Waals surface area contributed by atoms with Gasteiger partial charge in [0.2, 0.25) is 0 Å². The molecule has 0 saturated carbocycles. The molecule has 2 heterocycles. The molecule has 0 radical (unpaired) electrons. The van der Waals surface area contributed by atoms with Crippen molar-refractivity contribution in [3.05, 3.63) is 52.9 Å². The molecule has 5 heteroatoms. The van der Waals surface area contributed by atoms with E-state index in [4.69, 9.17) is 0 Å². The van der Waals surface area contributed by atoms with Gasteiger partial charge in [-0.05, 0) is 25.5 Å². The molecule has 1 atom stereocenters. The van der Waals surface area contributed by atoms with Gasteiger partial charge in [-0.25, -0.2) is 4.39 Å². The SMILES string of the molecule is CCc1nnc(C)cc1C(O)c1ccncc1F. The van der Waals surface area contributed by atoms with Crippen LogP contribution in [0.4, 0.5) is 4.39 Å². The highest BCUT2D eigenvalue weighted by atomic mass is 19.1. The first-order valence-corrected chi connectivity index (χ1v) is 5.74. The molecule has 1 N–H and O–H groups in total. The molecule has 0 fully saturated rings. The minimum atomic E-state index is -1.04. The lowest BCUT2D eigenvalue weighted by atomic mass is 9.99. The highest BCUT2D eigenvalue weighted by Crippen LogP contribution is 2.25. The fraction of sp³-hybridized carbons (Fsp3) is 0.308. The third kappa shape index (κ3) is 2.36. The van der Waals surface area contributed by atoms with Crippen molar-refractivity contribution in [2.45, 2.75) is 26.4 Å². The average molecular weight is 247 g/mol. The van der Waals surface area contributed by atoms with E-state index in [2.05, 4.69) is 15.2 Å². The Morgan fingerprint density at radius 3 is 2.78 bits per heavy atom. The highest BCUT2D eigenvalue weighted by Gasteiger charge is 2.19. The maximum absolute atomic E-state index is 13.6. The molecule has 18 heavy (non-hydrogen) atoms. The zero-order valence-corrected chi connectivity index (χ0v) is 10.3. The Kier molecular flexibility index (Phi) is 3.62. The van der Waals surface area contributed by atoms with E-state index in [1.165, 1.54) is 12.3 Å². The summed E-state index contributed by atoms with van der Waals surface area (Å²) in [5.41, 5.74) is 2.15. The van der Waals surface area contributed by atoms with Crippen LogP contribution in [0.25, 0.3) is 0 Å². The number of aryl methyl sites for hydroxylation is 2. The van der Waals surface area contributed by atoms with Crippen LogP contribution in [-0.4, -0.2) is 20.3 Å². The molecular weight excluding hydrogens is 233 g/mol. The third-order valence-corrected chi connectivity index (χ3v) is 2.75. The molecule has 94 valence electrons. The van der Waals surface area contributed by atoms with Crippen LogP contribution in [0.5, 0.6) is 0 Å². The molecule has 2 aromatic rings. The Morgan fingerprint density at radius 1 is 1.33 bits per heavy atom. The maximum Gasteiger partial charge on any atom is 0.147 e. The second-order valence-corrected chi connectivity index (χ2v) is 4.04. The van der Waals surface area contributed by atoms with Crippen molar-refractivity contribution < 1.29 is 9.50 Å². The first-order valence-electron chi connectivity index (χ1n) is 5.74. The Morgan fingerprint density at radius 2 is 2.11 bits per heavy atom. The second-order valence-electron chi connectivity index (χ2n) is 4.04. The molecule has 0 spiro atoms. The largest absolute Gasteiger partial charge is 0.383 e. The molecule has 0 aliphatic heterocycles. The van der Waals surface area contributed by atoms with Gasteiger partial charge in [-0.2, -0.15) is 10.2 Å². The monoisotopic (exact) mass is 247 g/mol. The molecule has 0 aliphatic rings. The Labute approximate surface area is 105 Å². The summed E-state index contributed by atoms with van der Waals surface area (Å²) in [4.78, 5) is 3.67. The lowest BCUT2D eigenvalue weighted by molar-refractivity contribution is 0.212. The summed E-state index contributed by atoms with van der Waals surface area (Å²) in [6, 6.07) is 3.20. The van der Waals surface area contributed by atoms with Crippen LogP contribution in [0.15, 0.2) is 24.5 Å². The number of rotatable bonds is 3. The van der Waals surface area contributed by atoms with Gasteiger partial charge in [-0.15, -0.1) is 0 Å². The molecule has 1 unspecified atom stereocenters. The van der Waals surface area contributed by atoms with Gasteiger partial charge >= 0.3 is 0 Å². The van der Waals surface area contributed by atoms with Crippen molar-refractivity contribution in [1.82, 2.24) is 15.2 Å². The van der Waals surface area contributed by atoms with Crippen molar-refractivity contribution >= 4 is 0 Å². The molecule has 2 rings (SSSR count). The van der Waals surface area contributed by atoms with Crippen LogP contribution in [0.1, 0.15) is 35.5 Å². The maximum atomic E-state index is 13.6. The van der Waals surface area contributed by atoms with Gasteiger partial charge in [0, 0.05) is 17.3 Å². The van der Waals surface area contributed by atoms with E-state index in [0.717, 1.165) is 6.20 Å². The van der Waals surface area contributed by atoms with Crippen molar-refractivity contribution in [2.75, 3.05) is 0 Å². The van der Waals surface area contributed by atoms with Crippen molar-refractivity contribution in [3.63, 3.8) is 0 Å². The minimum absolute atomic E-state index is 0.201. The third-order valence-electron chi connectivity index (χ3n) is 2.75. The lowest BCUT2D eigenvalue weighted by Gasteiger charge is -2.15. The van der Waals surface area contributed by atoms with Gasteiger partial charge in [0.05, 0.1) is 17.6 Å². The Hall–Kier alpha value is -1.88. The molecule has 4 nitrogen and oxygen atoms in total. The number of pyridine rings is 1. The standard InChI is InChI=1S/C13H14FN3O/c1-3-12-10(6-8(2)16-17-12)13(18)9-4-5-15-7-11(9)14/h4-7,13,18H,3H2,1-2H3. The van der Waals surface area contributed by atoms with E-state index in [0.29, 0.717) is 23.4 Å². The van der Waals surface area contributed by atoms with Crippen LogP contribution in [0, 0.1) is 12.7 Å². The predicted octanol–water partition coefficient (Wildman–Crippen LogP) is 1.96. The van der Waals surface area contributed by atoms with Gasteiger partial charge in [-0.1, -0.05) is 6.92 Å². The zero-order chi connectivity index (χ0) is 13.1. The first-order chi connectivity index (χ1) is 8.63. The number of aliphatic hydroxyl groups is 1. The van der Waals surface area contributed by atoms with Crippen LogP contribution in [-0.2, 0) is 6.42 Å². The smallest absolute Gasteiger partial charge is 0.147 e. The topological polar surface area (TPSA) is 58.9 Å². The number of nitrogens with zero attached hydrogens (tertiary/aromatic N) is 3. The molecule has 0 bridgehead atoms. The quantitative estimate of drug-likeness (QED) is 0.900. The molecule has 0 aliphatic carbocycles.